The van der Waals surface area contributed by atoms with Gasteiger partial charge in [-0.1, -0.05) is 50.1 Å². The summed E-state index contributed by atoms with van der Waals surface area (Å²) in [5, 5.41) is 0. The topological polar surface area (TPSA) is 20.3 Å². The highest BCUT2D eigenvalue weighted by atomic mass is 16.1. The zero-order valence-corrected chi connectivity index (χ0v) is 12.1. The fourth-order valence-electron chi connectivity index (χ4n) is 3.48. The van der Waals surface area contributed by atoms with Crippen molar-refractivity contribution in [2.75, 3.05) is 13.6 Å². The minimum Gasteiger partial charge on any atom is -0.303 e. The zero-order valence-electron chi connectivity index (χ0n) is 12.1. The van der Waals surface area contributed by atoms with Crippen LogP contribution in [0.4, 0.5) is 0 Å². The van der Waals surface area contributed by atoms with Crippen molar-refractivity contribution in [1.29, 1.82) is 0 Å². The molecule has 1 aliphatic carbocycles. The summed E-state index contributed by atoms with van der Waals surface area (Å²) < 4.78 is 0. The van der Waals surface area contributed by atoms with Gasteiger partial charge in [0.2, 0.25) is 0 Å². The molecule has 0 aliphatic heterocycles. The fraction of sp³-hybridized carbons (Fsp3) is 0.588. The van der Waals surface area contributed by atoms with E-state index in [9.17, 15) is 4.79 Å². The van der Waals surface area contributed by atoms with Crippen molar-refractivity contribution >= 4 is 6.29 Å². The molecule has 1 fully saturated rings. The molecule has 19 heavy (non-hydrogen) atoms. The summed E-state index contributed by atoms with van der Waals surface area (Å²) in [6.07, 6.45) is 5.80. The van der Waals surface area contributed by atoms with E-state index in [1.807, 2.05) is 6.07 Å². The summed E-state index contributed by atoms with van der Waals surface area (Å²) >= 11 is 0. The van der Waals surface area contributed by atoms with E-state index in [1.165, 1.54) is 24.7 Å². The quantitative estimate of drug-likeness (QED) is 0.754. The average molecular weight is 259 g/mol. The highest BCUT2D eigenvalue weighted by molar-refractivity contribution is 5.60. The Bertz CT molecular complexity index is 403. The van der Waals surface area contributed by atoms with Crippen LogP contribution >= 0.6 is 0 Å². The summed E-state index contributed by atoms with van der Waals surface area (Å²) in [5.74, 6) is 0.684. The van der Waals surface area contributed by atoms with Crippen molar-refractivity contribution in [3.05, 3.63) is 35.9 Å². The number of aldehydes is 1. The molecule has 2 rings (SSSR count). The van der Waals surface area contributed by atoms with Gasteiger partial charge in [-0.05, 0) is 31.4 Å². The van der Waals surface area contributed by atoms with Crippen LogP contribution in [0.1, 0.15) is 38.2 Å². The molecule has 2 atom stereocenters. The molecule has 1 aliphatic rings. The SMILES string of the molecule is CC1CCCC(C=O)(CN(C)Cc2ccccc2)C1. The van der Waals surface area contributed by atoms with E-state index < -0.39 is 0 Å². The van der Waals surface area contributed by atoms with Crippen LogP contribution in [-0.2, 0) is 11.3 Å². The van der Waals surface area contributed by atoms with Gasteiger partial charge in [-0.3, -0.25) is 0 Å². The maximum Gasteiger partial charge on any atom is 0.127 e. The lowest BCUT2D eigenvalue weighted by atomic mass is 9.71. The lowest BCUT2D eigenvalue weighted by molar-refractivity contribution is -0.119. The summed E-state index contributed by atoms with van der Waals surface area (Å²) in [6, 6.07) is 10.5. The molecule has 1 saturated carbocycles. The molecule has 104 valence electrons. The third-order valence-electron chi connectivity index (χ3n) is 4.26. The second-order valence-electron chi connectivity index (χ2n) is 6.34. The van der Waals surface area contributed by atoms with Crippen LogP contribution in [0.25, 0.3) is 0 Å². The summed E-state index contributed by atoms with van der Waals surface area (Å²) in [5.41, 5.74) is 1.20. The van der Waals surface area contributed by atoms with E-state index >= 15 is 0 Å². The largest absolute Gasteiger partial charge is 0.303 e. The van der Waals surface area contributed by atoms with Crippen LogP contribution in [-0.4, -0.2) is 24.8 Å². The Labute approximate surface area is 116 Å². The Balaban J connectivity index is 1.96. The van der Waals surface area contributed by atoms with Gasteiger partial charge >= 0.3 is 0 Å². The Morgan fingerprint density at radius 3 is 2.74 bits per heavy atom. The Kier molecular flexibility index (Phi) is 4.76. The molecule has 2 nitrogen and oxygen atoms in total. The van der Waals surface area contributed by atoms with Crippen molar-refractivity contribution in [2.45, 2.75) is 39.2 Å². The minimum atomic E-state index is -0.110. The Morgan fingerprint density at radius 2 is 2.11 bits per heavy atom. The molecular weight excluding hydrogens is 234 g/mol. The van der Waals surface area contributed by atoms with E-state index in [0.717, 1.165) is 25.9 Å². The van der Waals surface area contributed by atoms with Gasteiger partial charge in [0.05, 0.1) is 0 Å². The third-order valence-corrected chi connectivity index (χ3v) is 4.26. The highest BCUT2D eigenvalue weighted by Gasteiger charge is 2.35. The smallest absolute Gasteiger partial charge is 0.127 e. The van der Waals surface area contributed by atoms with Gasteiger partial charge in [-0.2, -0.15) is 0 Å². The van der Waals surface area contributed by atoms with E-state index in [-0.39, 0.29) is 5.41 Å². The molecule has 0 radical (unpaired) electrons. The van der Waals surface area contributed by atoms with Crippen molar-refractivity contribution in [3.63, 3.8) is 0 Å². The molecule has 1 aromatic carbocycles. The first-order valence-corrected chi connectivity index (χ1v) is 7.32. The molecule has 0 aromatic heterocycles. The molecule has 2 heteroatoms. The maximum atomic E-state index is 11.6. The van der Waals surface area contributed by atoms with Crippen LogP contribution in [0.3, 0.4) is 0 Å². The van der Waals surface area contributed by atoms with Crippen molar-refractivity contribution < 1.29 is 4.79 Å². The summed E-state index contributed by atoms with van der Waals surface area (Å²) in [6.45, 7) is 4.08. The molecule has 0 amide bonds. The molecule has 0 saturated heterocycles. The second kappa shape index (κ2) is 6.33. The highest BCUT2D eigenvalue weighted by Crippen LogP contribution is 2.38. The van der Waals surface area contributed by atoms with Crippen molar-refractivity contribution in [1.82, 2.24) is 4.90 Å². The number of nitrogens with zero attached hydrogens (tertiary/aromatic N) is 1. The second-order valence-corrected chi connectivity index (χ2v) is 6.34. The van der Waals surface area contributed by atoms with Crippen LogP contribution in [0, 0.1) is 11.3 Å². The van der Waals surface area contributed by atoms with Gasteiger partial charge in [-0.25, -0.2) is 0 Å². The molecule has 0 bridgehead atoms. The monoisotopic (exact) mass is 259 g/mol. The van der Waals surface area contributed by atoms with Crippen LogP contribution < -0.4 is 0 Å². The molecule has 0 N–H and O–H groups in total. The lowest BCUT2D eigenvalue weighted by Crippen LogP contribution is -2.40. The lowest BCUT2D eigenvalue weighted by Gasteiger charge is -2.38. The standard InChI is InChI=1S/C17H25NO/c1-15-7-6-10-17(11-15,14-19)13-18(2)12-16-8-4-3-5-9-16/h3-5,8-9,14-15H,6-7,10-13H2,1-2H3. The first-order chi connectivity index (χ1) is 9.13. The summed E-state index contributed by atoms with van der Waals surface area (Å²) in [4.78, 5) is 13.9. The van der Waals surface area contributed by atoms with E-state index in [2.05, 4.69) is 43.1 Å². The molecule has 2 unspecified atom stereocenters. The number of rotatable bonds is 5. The number of hydrogen-bond acceptors (Lipinski definition) is 2. The Morgan fingerprint density at radius 1 is 1.37 bits per heavy atom. The van der Waals surface area contributed by atoms with Crippen LogP contribution in [0.15, 0.2) is 30.3 Å². The van der Waals surface area contributed by atoms with Crippen molar-refractivity contribution in [3.8, 4) is 0 Å². The number of carbonyl (C=O) groups is 1. The Hall–Kier alpha value is -1.15. The predicted molar refractivity (Wildman–Crippen MR) is 78.9 cm³/mol. The van der Waals surface area contributed by atoms with Gasteiger partial charge in [0.25, 0.3) is 0 Å². The maximum absolute atomic E-state index is 11.6. The molecule has 1 aromatic rings. The normalized spacial score (nSPS) is 27.4. The third kappa shape index (κ3) is 3.90. The zero-order chi connectivity index (χ0) is 13.7. The number of hydrogen-bond donors (Lipinski definition) is 0. The van der Waals surface area contributed by atoms with Crippen LogP contribution in [0.5, 0.6) is 0 Å². The molecule has 0 heterocycles. The van der Waals surface area contributed by atoms with Gasteiger partial charge in [0.15, 0.2) is 0 Å². The van der Waals surface area contributed by atoms with Gasteiger partial charge in [-0.15, -0.1) is 0 Å². The van der Waals surface area contributed by atoms with Crippen LogP contribution in [0.2, 0.25) is 0 Å². The average Bonchev–Trinajstić information content (AvgIpc) is 2.39. The van der Waals surface area contributed by atoms with E-state index in [4.69, 9.17) is 0 Å². The van der Waals surface area contributed by atoms with Gasteiger partial charge in [0, 0.05) is 18.5 Å². The van der Waals surface area contributed by atoms with E-state index in [1.54, 1.807) is 0 Å². The predicted octanol–water partition coefficient (Wildman–Crippen LogP) is 3.51. The minimum absolute atomic E-state index is 0.110. The van der Waals surface area contributed by atoms with Crippen molar-refractivity contribution in [2.24, 2.45) is 11.3 Å². The molecular formula is C17H25NO. The first kappa shape index (κ1) is 14.3. The van der Waals surface area contributed by atoms with E-state index in [0.29, 0.717) is 5.92 Å². The summed E-state index contributed by atoms with van der Waals surface area (Å²) in [7, 11) is 2.12. The number of benzene rings is 1. The van der Waals surface area contributed by atoms with Gasteiger partial charge in [0.1, 0.15) is 6.29 Å². The first-order valence-electron chi connectivity index (χ1n) is 7.32. The van der Waals surface area contributed by atoms with Gasteiger partial charge < -0.3 is 9.69 Å². The number of carbonyl (C=O) groups excluding carboxylic acids is 1. The molecule has 0 spiro atoms. The fourth-order valence-corrected chi connectivity index (χ4v) is 3.48.